The van der Waals surface area contributed by atoms with E-state index in [-0.39, 0.29) is 0 Å². The Labute approximate surface area is 102 Å². The van der Waals surface area contributed by atoms with Gasteiger partial charge in [-0.25, -0.2) is 0 Å². The first-order valence-electron chi connectivity index (χ1n) is 5.76. The van der Waals surface area contributed by atoms with Crippen molar-refractivity contribution < 1.29 is 19.6 Å². The molecule has 0 saturated heterocycles. The summed E-state index contributed by atoms with van der Waals surface area (Å²) in [6.07, 6.45) is 16.4. The maximum absolute atomic E-state index is 4.90. The minimum atomic E-state index is 0.931. The third-order valence-corrected chi connectivity index (χ3v) is 2.03. The Morgan fingerprint density at radius 2 is 1.59 bits per heavy atom. The number of unbranched alkanes of at least 4 members (excludes halogenated alkanes) is 2. The summed E-state index contributed by atoms with van der Waals surface area (Å²) in [7, 11) is 0. The minimum absolute atomic E-state index is 0.931. The molecule has 0 atom stereocenters. The van der Waals surface area contributed by atoms with Crippen molar-refractivity contribution in [1.29, 1.82) is 0 Å². The molecule has 2 heterocycles. The van der Waals surface area contributed by atoms with E-state index in [1.54, 1.807) is 12.2 Å². The van der Waals surface area contributed by atoms with Crippen LogP contribution in [0.4, 0.5) is 0 Å². The molecular formula is C13H18O4. The van der Waals surface area contributed by atoms with Crippen molar-refractivity contribution in [3.8, 4) is 0 Å². The SMILES string of the molecule is C1=COOC=C1.CCCCCC1=CC=COO1. The number of hydrogen-bond acceptors (Lipinski definition) is 4. The van der Waals surface area contributed by atoms with E-state index in [1.807, 2.05) is 12.2 Å². The molecule has 17 heavy (non-hydrogen) atoms. The van der Waals surface area contributed by atoms with Crippen LogP contribution in [-0.2, 0) is 19.6 Å². The molecule has 4 heteroatoms. The zero-order chi connectivity index (χ0) is 12.2. The quantitative estimate of drug-likeness (QED) is 0.549. The Balaban J connectivity index is 0.000000202. The Morgan fingerprint density at radius 3 is 2.06 bits per heavy atom. The maximum atomic E-state index is 4.90. The molecule has 0 bridgehead atoms. The molecule has 0 fully saturated rings. The van der Waals surface area contributed by atoms with Crippen LogP contribution in [0.2, 0.25) is 0 Å². The van der Waals surface area contributed by atoms with Gasteiger partial charge in [-0.2, -0.15) is 0 Å². The average molecular weight is 238 g/mol. The second kappa shape index (κ2) is 9.39. The van der Waals surface area contributed by atoms with Crippen LogP contribution in [0.3, 0.4) is 0 Å². The van der Waals surface area contributed by atoms with Gasteiger partial charge in [0.1, 0.15) is 18.8 Å². The lowest BCUT2D eigenvalue weighted by atomic mass is 10.2. The van der Waals surface area contributed by atoms with E-state index >= 15 is 0 Å². The van der Waals surface area contributed by atoms with Crippen molar-refractivity contribution in [1.82, 2.24) is 0 Å². The predicted molar refractivity (Wildman–Crippen MR) is 64.0 cm³/mol. The summed E-state index contributed by atoms with van der Waals surface area (Å²) in [4.78, 5) is 18.2. The van der Waals surface area contributed by atoms with Crippen LogP contribution in [0, 0.1) is 0 Å². The third-order valence-electron chi connectivity index (χ3n) is 2.03. The topological polar surface area (TPSA) is 36.9 Å². The van der Waals surface area contributed by atoms with E-state index in [4.69, 9.17) is 4.89 Å². The summed E-state index contributed by atoms with van der Waals surface area (Å²) in [5.74, 6) is 0.931. The Kier molecular flexibility index (Phi) is 7.31. The first-order chi connectivity index (χ1) is 8.43. The van der Waals surface area contributed by atoms with Crippen molar-refractivity contribution in [2.24, 2.45) is 0 Å². The van der Waals surface area contributed by atoms with E-state index in [0.29, 0.717) is 0 Å². The van der Waals surface area contributed by atoms with Crippen LogP contribution in [0.15, 0.2) is 48.8 Å². The van der Waals surface area contributed by atoms with E-state index in [0.717, 1.165) is 12.2 Å². The molecule has 0 aromatic carbocycles. The van der Waals surface area contributed by atoms with E-state index in [9.17, 15) is 0 Å². The van der Waals surface area contributed by atoms with Gasteiger partial charge >= 0.3 is 0 Å². The fourth-order valence-corrected chi connectivity index (χ4v) is 1.19. The van der Waals surface area contributed by atoms with Gasteiger partial charge in [-0.05, 0) is 30.7 Å². The van der Waals surface area contributed by atoms with Crippen molar-refractivity contribution in [2.75, 3.05) is 0 Å². The van der Waals surface area contributed by atoms with Crippen molar-refractivity contribution in [3.05, 3.63) is 48.8 Å². The van der Waals surface area contributed by atoms with Gasteiger partial charge in [0.15, 0.2) is 5.76 Å². The first-order valence-corrected chi connectivity index (χ1v) is 5.76. The average Bonchev–Trinajstić information content (AvgIpc) is 2.43. The second-order valence-corrected chi connectivity index (χ2v) is 3.45. The summed E-state index contributed by atoms with van der Waals surface area (Å²) in [6, 6.07) is 0. The molecule has 94 valence electrons. The van der Waals surface area contributed by atoms with Gasteiger partial charge in [-0.3, -0.25) is 19.6 Å². The van der Waals surface area contributed by atoms with E-state index in [1.165, 1.54) is 38.0 Å². The molecule has 2 rings (SSSR count). The van der Waals surface area contributed by atoms with E-state index < -0.39 is 0 Å². The predicted octanol–water partition coefficient (Wildman–Crippen LogP) is 3.90. The minimum Gasteiger partial charge on any atom is -0.299 e. The van der Waals surface area contributed by atoms with Crippen LogP contribution in [0.25, 0.3) is 0 Å². The van der Waals surface area contributed by atoms with Crippen LogP contribution >= 0.6 is 0 Å². The molecule has 4 nitrogen and oxygen atoms in total. The number of hydrogen-bond donors (Lipinski definition) is 0. The Bertz CT molecular complexity index is 291. The summed E-state index contributed by atoms with van der Waals surface area (Å²) >= 11 is 0. The molecule has 0 unspecified atom stereocenters. The molecule has 0 aliphatic carbocycles. The van der Waals surface area contributed by atoms with Crippen LogP contribution in [0.1, 0.15) is 32.6 Å². The molecule has 2 aliphatic rings. The zero-order valence-corrected chi connectivity index (χ0v) is 10.0. The van der Waals surface area contributed by atoms with Gasteiger partial charge in [0.2, 0.25) is 0 Å². The molecule has 0 amide bonds. The number of allylic oxidation sites excluding steroid dienone is 5. The molecular weight excluding hydrogens is 220 g/mol. The largest absolute Gasteiger partial charge is 0.299 e. The summed E-state index contributed by atoms with van der Waals surface area (Å²) < 4.78 is 0. The fraction of sp³-hybridized carbons (Fsp3) is 0.385. The van der Waals surface area contributed by atoms with Crippen LogP contribution in [-0.4, -0.2) is 0 Å². The highest BCUT2D eigenvalue weighted by molar-refractivity contribution is 5.07. The highest BCUT2D eigenvalue weighted by atomic mass is 17.2. The summed E-state index contributed by atoms with van der Waals surface area (Å²) in [5, 5.41) is 0. The van der Waals surface area contributed by atoms with E-state index in [2.05, 4.69) is 21.6 Å². The lowest BCUT2D eigenvalue weighted by molar-refractivity contribution is -0.216. The van der Waals surface area contributed by atoms with Gasteiger partial charge in [0.25, 0.3) is 0 Å². The van der Waals surface area contributed by atoms with Gasteiger partial charge in [0, 0.05) is 6.42 Å². The zero-order valence-electron chi connectivity index (χ0n) is 10.0. The Morgan fingerprint density at radius 1 is 0.882 bits per heavy atom. The summed E-state index contributed by atoms with van der Waals surface area (Å²) in [5.41, 5.74) is 0. The molecule has 0 aromatic heterocycles. The van der Waals surface area contributed by atoms with Crippen molar-refractivity contribution in [2.45, 2.75) is 32.6 Å². The van der Waals surface area contributed by atoms with Crippen LogP contribution < -0.4 is 0 Å². The molecule has 2 aliphatic heterocycles. The lowest BCUT2D eigenvalue weighted by Gasteiger charge is -2.08. The van der Waals surface area contributed by atoms with Crippen molar-refractivity contribution >= 4 is 0 Å². The summed E-state index contributed by atoms with van der Waals surface area (Å²) in [6.45, 7) is 2.19. The standard InChI is InChI=1S/C9H14O2.C4H4O2/c1-2-3-4-6-9-7-5-8-10-11-9;1-2-4-6-5-3-1/h5,7-8H,2-4,6H2,1H3;1-4H. The van der Waals surface area contributed by atoms with Crippen molar-refractivity contribution in [3.63, 3.8) is 0 Å². The second-order valence-electron chi connectivity index (χ2n) is 3.45. The molecule has 0 saturated carbocycles. The van der Waals surface area contributed by atoms with Gasteiger partial charge in [-0.1, -0.05) is 19.8 Å². The molecule has 0 aromatic rings. The lowest BCUT2D eigenvalue weighted by Crippen LogP contribution is -1.93. The van der Waals surface area contributed by atoms with Gasteiger partial charge < -0.3 is 0 Å². The van der Waals surface area contributed by atoms with Gasteiger partial charge in [0.05, 0.1) is 0 Å². The molecule has 0 radical (unpaired) electrons. The highest BCUT2D eigenvalue weighted by Crippen LogP contribution is 2.13. The van der Waals surface area contributed by atoms with Gasteiger partial charge in [-0.15, -0.1) is 0 Å². The maximum Gasteiger partial charge on any atom is 0.155 e. The van der Waals surface area contributed by atoms with Crippen LogP contribution in [0.5, 0.6) is 0 Å². The number of rotatable bonds is 4. The smallest absolute Gasteiger partial charge is 0.155 e. The first kappa shape index (κ1) is 13.2. The normalized spacial score (nSPS) is 15.5. The monoisotopic (exact) mass is 238 g/mol. The fourth-order valence-electron chi connectivity index (χ4n) is 1.19. The molecule has 0 N–H and O–H groups in total. The Hall–Kier alpha value is -1.84. The third kappa shape index (κ3) is 7.11. The highest BCUT2D eigenvalue weighted by Gasteiger charge is 2.00. The molecule has 0 spiro atoms.